The Morgan fingerprint density at radius 2 is 1.74 bits per heavy atom. The smallest absolute Gasteiger partial charge is 0.315 e. The van der Waals surface area contributed by atoms with Crippen molar-refractivity contribution in [2.24, 2.45) is 0 Å². The number of benzene rings is 2. The molecule has 0 fully saturated rings. The van der Waals surface area contributed by atoms with Crippen LogP contribution in [0.3, 0.4) is 0 Å². The van der Waals surface area contributed by atoms with E-state index in [0.29, 0.717) is 29.0 Å². The zero-order chi connectivity index (χ0) is 22.3. The highest BCUT2D eigenvalue weighted by Gasteiger charge is 2.32. The van der Waals surface area contributed by atoms with Gasteiger partial charge in [0, 0.05) is 31.1 Å². The van der Waals surface area contributed by atoms with Crippen molar-refractivity contribution >= 4 is 29.1 Å². The molecule has 2 heterocycles. The summed E-state index contributed by atoms with van der Waals surface area (Å²) >= 11 is 12.6. The lowest BCUT2D eigenvalue weighted by molar-refractivity contribution is 0.0638. The number of fused-ring (bicyclic) bond motifs is 1. The van der Waals surface area contributed by atoms with Gasteiger partial charge in [-0.2, -0.15) is 4.98 Å². The molecule has 6 nitrogen and oxygen atoms in total. The third-order valence-corrected chi connectivity index (χ3v) is 6.32. The van der Waals surface area contributed by atoms with Crippen LogP contribution in [-0.4, -0.2) is 38.1 Å². The highest BCUT2D eigenvalue weighted by molar-refractivity contribution is 6.43. The van der Waals surface area contributed by atoms with E-state index in [1.165, 1.54) is 0 Å². The largest absolute Gasteiger partial charge is 0.501 e. The lowest BCUT2D eigenvalue weighted by atomic mass is 9.97. The van der Waals surface area contributed by atoms with Crippen LogP contribution in [0.15, 0.2) is 47.3 Å². The molecule has 0 unspecified atom stereocenters. The standard InChI is InChI=1S/C23H21Cl2N3O3/c1-13(2)27-10-11-28-18(26-22(30)21(29)20(28)23(27)31)12-14-6-3-4-7-15(14)16-8-5-9-17(24)19(16)25/h3-9,13,29H,10-12H2,1-2H3. The summed E-state index contributed by atoms with van der Waals surface area (Å²) in [5, 5.41) is 11.2. The Morgan fingerprint density at radius 1 is 1.03 bits per heavy atom. The number of carbonyl (C=O) groups excluding carboxylic acids is 1. The maximum absolute atomic E-state index is 13.0. The molecule has 1 N–H and O–H groups in total. The van der Waals surface area contributed by atoms with E-state index in [0.717, 1.165) is 16.7 Å². The number of hydrogen-bond donors (Lipinski definition) is 1. The Morgan fingerprint density at radius 3 is 2.48 bits per heavy atom. The van der Waals surface area contributed by atoms with Crippen molar-refractivity contribution in [3.05, 3.63) is 79.9 Å². The molecule has 0 atom stereocenters. The number of halogens is 2. The fourth-order valence-electron chi connectivity index (χ4n) is 3.94. The molecule has 1 aromatic heterocycles. The van der Waals surface area contributed by atoms with Gasteiger partial charge in [0.05, 0.1) is 10.0 Å². The number of carbonyl (C=O) groups is 1. The number of rotatable bonds is 4. The zero-order valence-electron chi connectivity index (χ0n) is 17.1. The second kappa shape index (κ2) is 8.36. The molecule has 8 heteroatoms. The highest BCUT2D eigenvalue weighted by Crippen LogP contribution is 2.36. The maximum Gasteiger partial charge on any atom is 0.315 e. The quantitative estimate of drug-likeness (QED) is 0.630. The van der Waals surface area contributed by atoms with Crippen LogP contribution in [0.5, 0.6) is 5.75 Å². The van der Waals surface area contributed by atoms with Crippen LogP contribution in [0.2, 0.25) is 10.0 Å². The van der Waals surface area contributed by atoms with Gasteiger partial charge in [-0.05, 0) is 31.0 Å². The van der Waals surface area contributed by atoms with Crippen LogP contribution in [0.25, 0.3) is 11.1 Å². The molecular weight excluding hydrogens is 437 g/mol. The molecule has 0 saturated heterocycles. The molecule has 1 aliphatic rings. The first-order valence-electron chi connectivity index (χ1n) is 9.95. The Bertz CT molecular complexity index is 1240. The van der Waals surface area contributed by atoms with Gasteiger partial charge in [0.2, 0.25) is 5.75 Å². The first kappa shape index (κ1) is 21.4. The number of aromatic hydroxyl groups is 1. The first-order chi connectivity index (χ1) is 14.8. The number of amides is 1. The maximum atomic E-state index is 13.0. The van der Waals surface area contributed by atoms with Crippen molar-refractivity contribution in [1.82, 2.24) is 14.5 Å². The van der Waals surface area contributed by atoms with E-state index in [1.807, 2.05) is 50.2 Å². The van der Waals surface area contributed by atoms with E-state index < -0.39 is 11.3 Å². The summed E-state index contributed by atoms with van der Waals surface area (Å²) in [6.45, 7) is 4.71. The Kier molecular flexibility index (Phi) is 5.77. The molecular formula is C23H21Cl2N3O3. The van der Waals surface area contributed by atoms with Crippen molar-refractivity contribution in [1.29, 1.82) is 0 Å². The van der Waals surface area contributed by atoms with Gasteiger partial charge < -0.3 is 14.6 Å². The molecule has 4 rings (SSSR count). The van der Waals surface area contributed by atoms with Crippen LogP contribution >= 0.6 is 23.2 Å². The molecule has 160 valence electrons. The Hall–Kier alpha value is -2.83. The Labute approximate surface area is 189 Å². The van der Waals surface area contributed by atoms with Gasteiger partial charge in [0.25, 0.3) is 5.91 Å². The fourth-order valence-corrected chi connectivity index (χ4v) is 4.34. The van der Waals surface area contributed by atoms with Crippen LogP contribution in [0, 0.1) is 0 Å². The normalized spacial score (nSPS) is 13.6. The second-order valence-corrected chi connectivity index (χ2v) is 8.49. The minimum Gasteiger partial charge on any atom is -0.501 e. The minimum atomic E-state index is -0.807. The van der Waals surface area contributed by atoms with Crippen molar-refractivity contribution < 1.29 is 9.90 Å². The molecule has 1 aliphatic heterocycles. The molecule has 2 aromatic carbocycles. The van der Waals surface area contributed by atoms with Crippen LogP contribution in [0.1, 0.15) is 35.7 Å². The van der Waals surface area contributed by atoms with Gasteiger partial charge in [-0.3, -0.25) is 9.59 Å². The lowest BCUT2D eigenvalue weighted by Gasteiger charge is -2.34. The summed E-state index contributed by atoms with van der Waals surface area (Å²) < 4.78 is 1.65. The Balaban J connectivity index is 1.83. The van der Waals surface area contributed by atoms with E-state index in [-0.39, 0.29) is 24.1 Å². The third-order valence-electron chi connectivity index (χ3n) is 5.50. The molecule has 0 radical (unpaired) electrons. The van der Waals surface area contributed by atoms with Crippen molar-refractivity contribution in [2.75, 3.05) is 6.54 Å². The van der Waals surface area contributed by atoms with Crippen LogP contribution in [-0.2, 0) is 13.0 Å². The van der Waals surface area contributed by atoms with Crippen LogP contribution in [0.4, 0.5) is 0 Å². The summed E-state index contributed by atoms with van der Waals surface area (Å²) in [5.41, 5.74) is 1.69. The summed E-state index contributed by atoms with van der Waals surface area (Å²) in [4.78, 5) is 31.1. The van der Waals surface area contributed by atoms with Gasteiger partial charge >= 0.3 is 5.56 Å². The molecule has 0 saturated carbocycles. The monoisotopic (exact) mass is 457 g/mol. The SMILES string of the molecule is CC(C)N1CCn2c(Cc3ccccc3-c3cccc(Cl)c3Cl)nc(=O)c(O)c2C1=O. The van der Waals surface area contributed by atoms with Crippen molar-refractivity contribution in [3.8, 4) is 16.9 Å². The topological polar surface area (TPSA) is 75.4 Å². The van der Waals surface area contributed by atoms with E-state index >= 15 is 0 Å². The third kappa shape index (κ3) is 3.82. The first-order valence-corrected chi connectivity index (χ1v) is 10.7. The molecule has 0 aliphatic carbocycles. The number of nitrogens with zero attached hydrogens (tertiary/aromatic N) is 3. The average molecular weight is 458 g/mol. The summed E-state index contributed by atoms with van der Waals surface area (Å²) in [5.74, 6) is -0.559. The van der Waals surface area contributed by atoms with Gasteiger partial charge in [-0.25, -0.2) is 0 Å². The van der Waals surface area contributed by atoms with E-state index in [1.54, 1.807) is 15.5 Å². The lowest BCUT2D eigenvalue weighted by Crippen LogP contribution is -2.46. The summed E-state index contributed by atoms with van der Waals surface area (Å²) in [6, 6.07) is 13.0. The minimum absolute atomic E-state index is 0.00628. The predicted molar refractivity (Wildman–Crippen MR) is 121 cm³/mol. The van der Waals surface area contributed by atoms with Crippen molar-refractivity contribution in [2.45, 2.75) is 32.9 Å². The van der Waals surface area contributed by atoms with E-state index in [9.17, 15) is 14.7 Å². The van der Waals surface area contributed by atoms with Gasteiger partial charge in [-0.15, -0.1) is 0 Å². The summed E-state index contributed by atoms with van der Waals surface area (Å²) in [6.07, 6.45) is 0.288. The van der Waals surface area contributed by atoms with E-state index in [4.69, 9.17) is 23.2 Å². The molecule has 0 bridgehead atoms. The zero-order valence-corrected chi connectivity index (χ0v) is 18.6. The summed E-state index contributed by atoms with van der Waals surface area (Å²) in [7, 11) is 0. The second-order valence-electron chi connectivity index (χ2n) is 7.71. The highest BCUT2D eigenvalue weighted by atomic mass is 35.5. The molecule has 31 heavy (non-hydrogen) atoms. The van der Waals surface area contributed by atoms with Crippen molar-refractivity contribution in [3.63, 3.8) is 0 Å². The van der Waals surface area contributed by atoms with Gasteiger partial charge in [0.15, 0.2) is 5.69 Å². The average Bonchev–Trinajstić information content (AvgIpc) is 2.74. The fraction of sp³-hybridized carbons (Fsp3) is 0.261. The molecule has 0 spiro atoms. The van der Waals surface area contributed by atoms with Gasteiger partial charge in [0.1, 0.15) is 5.82 Å². The number of aromatic nitrogens is 2. The predicted octanol–water partition coefficient (Wildman–Crippen LogP) is 4.38. The van der Waals surface area contributed by atoms with Gasteiger partial charge in [-0.1, -0.05) is 59.6 Å². The number of hydrogen-bond acceptors (Lipinski definition) is 4. The van der Waals surface area contributed by atoms with E-state index in [2.05, 4.69) is 4.98 Å². The van der Waals surface area contributed by atoms with Crippen LogP contribution < -0.4 is 5.56 Å². The molecule has 3 aromatic rings. The molecule has 1 amide bonds.